The molecule has 0 fully saturated rings. The summed E-state index contributed by atoms with van der Waals surface area (Å²) in [6.07, 6.45) is 2.38. The van der Waals surface area contributed by atoms with Crippen LogP contribution in [0.4, 0.5) is 0 Å². The molecule has 0 saturated heterocycles. The zero-order chi connectivity index (χ0) is 16.8. The first-order valence-corrected chi connectivity index (χ1v) is 8.87. The number of aryl methyl sites for hydroxylation is 1. The van der Waals surface area contributed by atoms with Crippen LogP contribution in [0.3, 0.4) is 0 Å². The van der Waals surface area contributed by atoms with Crippen LogP contribution in [-0.4, -0.2) is 34.0 Å². The fraction of sp³-hybridized carbons (Fsp3) is 0.294. The van der Waals surface area contributed by atoms with E-state index in [0.717, 1.165) is 32.8 Å². The molecule has 4 rings (SSSR count). The van der Waals surface area contributed by atoms with Crippen LogP contribution >= 0.6 is 22.9 Å². The van der Waals surface area contributed by atoms with Crippen LogP contribution in [0.15, 0.2) is 22.1 Å². The standard InChI is InChI=1S/C17H15ClN2O3S/c1-9-6-10(17-19-3-5-24-17)14-11-7-20(13(22)8-21)4-2-12(11)23-16(14)15(9)18/h3,5-6,21H,2,4,7-8H2,1H3. The first-order chi connectivity index (χ1) is 11.6. The van der Waals surface area contributed by atoms with Gasteiger partial charge in [-0.15, -0.1) is 11.3 Å². The van der Waals surface area contributed by atoms with E-state index in [1.165, 1.54) is 0 Å². The van der Waals surface area contributed by atoms with Gasteiger partial charge in [0.2, 0.25) is 5.91 Å². The number of aliphatic hydroxyl groups excluding tert-OH is 1. The van der Waals surface area contributed by atoms with Crippen molar-refractivity contribution in [1.82, 2.24) is 9.88 Å². The van der Waals surface area contributed by atoms with Crippen LogP contribution in [0.25, 0.3) is 21.5 Å². The second kappa shape index (κ2) is 5.88. The number of carbonyl (C=O) groups is 1. The summed E-state index contributed by atoms with van der Waals surface area (Å²) in [6, 6.07) is 2.02. The summed E-state index contributed by atoms with van der Waals surface area (Å²) in [5.41, 5.74) is 3.53. The Balaban J connectivity index is 1.96. The number of aromatic nitrogens is 1. The molecule has 124 valence electrons. The summed E-state index contributed by atoms with van der Waals surface area (Å²) >= 11 is 8.03. The molecule has 24 heavy (non-hydrogen) atoms. The molecular weight excluding hydrogens is 348 g/mol. The maximum absolute atomic E-state index is 11.9. The average Bonchev–Trinajstić information content (AvgIpc) is 3.24. The van der Waals surface area contributed by atoms with Gasteiger partial charge >= 0.3 is 0 Å². The number of nitrogens with zero attached hydrogens (tertiary/aromatic N) is 2. The van der Waals surface area contributed by atoms with Crippen LogP contribution in [0.2, 0.25) is 5.02 Å². The lowest BCUT2D eigenvalue weighted by molar-refractivity contribution is -0.135. The molecule has 0 unspecified atom stereocenters. The summed E-state index contributed by atoms with van der Waals surface area (Å²) in [5, 5.41) is 13.5. The van der Waals surface area contributed by atoms with Crippen LogP contribution in [0.5, 0.6) is 0 Å². The highest BCUT2D eigenvalue weighted by molar-refractivity contribution is 7.13. The van der Waals surface area contributed by atoms with Gasteiger partial charge in [0, 0.05) is 47.6 Å². The van der Waals surface area contributed by atoms with Crippen LogP contribution in [0, 0.1) is 6.92 Å². The van der Waals surface area contributed by atoms with E-state index >= 15 is 0 Å². The number of amides is 1. The van der Waals surface area contributed by atoms with Gasteiger partial charge in [-0.3, -0.25) is 4.79 Å². The van der Waals surface area contributed by atoms with Gasteiger partial charge in [0.25, 0.3) is 0 Å². The summed E-state index contributed by atoms with van der Waals surface area (Å²) in [5.74, 6) is 0.585. The van der Waals surface area contributed by atoms with Crippen molar-refractivity contribution >= 4 is 39.8 Å². The number of benzene rings is 1. The third-order valence-electron chi connectivity index (χ3n) is 4.37. The molecule has 7 heteroatoms. The number of hydrogen-bond acceptors (Lipinski definition) is 5. The molecule has 1 aliphatic rings. The highest BCUT2D eigenvalue weighted by atomic mass is 35.5. The number of rotatable bonds is 2. The number of aliphatic hydroxyl groups is 1. The van der Waals surface area contributed by atoms with E-state index < -0.39 is 6.61 Å². The van der Waals surface area contributed by atoms with E-state index in [-0.39, 0.29) is 5.91 Å². The maximum atomic E-state index is 11.9. The first kappa shape index (κ1) is 15.6. The average molecular weight is 363 g/mol. The topological polar surface area (TPSA) is 66.6 Å². The van der Waals surface area contributed by atoms with Crippen molar-refractivity contribution in [3.63, 3.8) is 0 Å². The zero-order valence-corrected chi connectivity index (χ0v) is 14.6. The van der Waals surface area contributed by atoms with Crippen molar-refractivity contribution in [3.05, 3.63) is 39.6 Å². The molecule has 1 aliphatic heterocycles. The number of hydrogen-bond donors (Lipinski definition) is 1. The van der Waals surface area contributed by atoms with Gasteiger partial charge in [-0.1, -0.05) is 11.6 Å². The minimum Gasteiger partial charge on any atom is -0.459 e. The molecule has 3 heterocycles. The summed E-state index contributed by atoms with van der Waals surface area (Å²) in [4.78, 5) is 17.9. The van der Waals surface area contributed by atoms with Crippen molar-refractivity contribution in [1.29, 1.82) is 0 Å². The lowest BCUT2D eigenvalue weighted by atomic mass is 9.99. The van der Waals surface area contributed by atoms with E-state index in [2.05, 4.69) is 4.98 Å². The zero-order valence-electron chi connectivity index (χ0n) is 13.0. The van der Waals surface area contributed by atoms with Crippen molar-refractivity contribution in [2.24, 2.45) is 0 Å². The van der Waals surface area contributed by atoms with Gasteiger partial charge in [0.05, 0.1) is 5.02 Å². The third-order valence-corrected chi connectivity index (χ3v) is 5.65. The number of fused-ring (bicyclic) bond motifs is 3. The number of furan rings is 1. The number of carbonyl (C=O) groups excluding carboxylic acids is 1. The molecule has 0 saturated carbocycles. The van der Waals surface area contributed by atoms with Crippen molar-refractivity contribution in [2.45, 2.75) is 19.9 Å². The second-order valence-electron chi connectivity index (χ2n) is 5.82. The van der Waals surface area contributed by atoms with Crippen molar-refractivity contribution < 1.29 is 14.3 Å². The Hall–Kier alpha value is -1.89. The minimum absolute atomic E-state index is 0.274. The lowest BCUT2D eigenvalue weighted by Gasteiger charge is -2.25. The maximum Gasteiger partial charge on any atom is 0.248 e. The normalized spacial score (nSPS) is 14.2. The molecule has 0 spiro atoms. The predicted molar refractivity (Wildman–Crippen MR) is 93.3 cm³/mol. The Morgan fingerprint density at radius 3 is 3.08 bits per heavy atom. The molecule has 1 N–H and O–H groups in total. The van der Waals surface area contributed by atoms with Gasteiger partial charge < -0.3 is 14.4 Å². The summed E-state index contributed by atoms with van der Waals surface area (Å²) < 4.78 is 6.05. The van der Waals surface area contributed by atoms with Crippen LogP contribution in [-0.2, 0) is 17.8 Å². The van der Waals surface area contributed by atoms with Gasteiger partial charge in [-0.05, 0) is 18.6 Å². The van der Waals surface area contributed by atoms with E-state index in [4.69, 9.17) is 21.1 Å². The largest absolute Gasteiger partial charge is 0.459 e. The Bertz CT molecular complexity index is 933. The van der Waals surface area contributed by atoms with Gasteiger partial charge in [-0.25, -0.2) is 4.98 Å². The monoisotopic (exact) mass is 362 g/mol. The molecule has 1 aromatic carbocycles. The van der Waals surface area contributed by atoms with Gasteiger partial charge in [-0.2, -0.15) is 0 Å². The third kappa shape index (κ3) is 2.33. The fourth-order valence-electron chi connectivity index (χ4n) is 3.20. The van der Waals surface area contributed by atoms with E-state index in [0.29, 0.717) is 30.1 Å². The van der Waals surface area contributed by atoms with Crippen LogP contribution in [0.1, 0.15) is 16.9 Å². The molecule has 3 aromatic rings. The van der Waals surface area contributed by atoms with E-state index in [9.17, 15) is 4.79 Å². The Morgan fingerprint density at radius 2 is 2.38 bits per heavy atom. The first-order valence-electron chi connectivity index (χ1n) is 7.62. The smallest absolute Gasteiger partial charge is 0.248 e. The van der Waals surface area contributed by atoms with Crippen LogP contribution < -0.4 is 0 Å². The molecule has 0 aliphatic carbocycles. The predicted octanol–water partition coefficient (Wildman–Crippen LogP) is 3.40. The Labute approximate surface area is 147 Å². The SMILES string of the molecule is Cc1cc(-c2nccs2)c2c3c(oc2c1Cl)CCN(C(=O)CO)C3. The fourth-order valence-corrected chi connectivity index (χ4v) is 4.04. The molecule has 2 aromatic heterocycles. The minimum atomic E-state index is -0.482. The molecule has 0 radical (unpaired) electrons. The highest BCUT2D eigenvalue weighted by Crippen LogP contribution is 2.42. The van der Waals surface area contributed by atoms with Crippen molar-refractivity contribution in [3.8, 4) is 10.6 Å². The lowest BCUT2D eigenvalue weighted by Crippen LogP contribution is -2.37. The van der Waals surface area contributed by atoms with Crippen molar-refractivity contribution in [2.75, 3.05) is 13.2 Å². The number of halogens is 1. The van der Waals surface area contributed by atoms with E-state index in [1.54, 1.807) is 22.4 Å². The molecule has 0 bridgehead atoms. The van der Waals surface area contributed by atoms with Gasteiger partial charge in [0.1, 0.15) is 17.4 Å². The molecule has 0 atom stereocenters. The molecule has 5 nitrogen and oxygen atoms in total. The molecule has 1 amide bonds. The number of thiazole rings is 1. The van der Waals surface area contributed by atoms with Gasteiger partial charge in [0.15, 0.2) is 5.58 Å². The Kier molecular flexibility index (Phi) is 3.83. The quantitative estimate of drug-likeness (QED) is 0.758. The summed E-state index contributed by atoms with van der Waals surface area (Å²) in [6.45, 7) is 2.42. The second-order valence-corrected chi connectivity index (χ2v) is 7.10. The molecular formula is C17H15ClN2O3S. The highest BCUT2D eigenvalue weighted by Gasteiger charge is 2.28. The Morgan fingerprint density at radius 1 is 1.54 bits per heavy atom. The van der Waals surface area contributed by atoms with E-state index in [1.807, 2.05) is 18.4 Å². The summed E-state index contributed by atoms with van der Waals surface area (Å²) in [7, 11) is 0.